The summed E-state index contributed by atoms with van der Waals surface area (Å²) in [4.78, 5) is 29.3. The summed E-state index contributed by atoms with van der Waals surface area (Å²) in [6.45, 7) is 1.51. The zero-order chi connectivity index (χ0) is 18.4. The number of aromatic nitrogens is 1. The van der Waals surface area contributed by atoms with E-state index in [-0.39, 0.29) is 24.0 Å². The Morgan fingerprint density at radius 1 is 1.28 bits per heavy atom. The maximum absolute atomic E-state index is 12.4. The van der Waals surface area contributed by atoms with E-state index < -0.39 is 6.04 Å². The third-order valence-corrected chi connectivity index (χ3v) is 3.69. The van der Waals surface area contributed by atoms with E-state index >= 15 is 0 Å². The Kier molecular flexibility index (Phi) is 6.14. The van der Waals surface area contributed by atoms with Crippen LogP contribution in [-0.4, -0.2) is 47.4 Å². The van der Waals surface area contributed by atoms with Crippen molar-refractivity contribution in [1.82, 2.24) is 15.2 Å². The molecule has 1 heterocycles. The molecule has 2 aromatic rings. The largest absolute Gasteiger partial charge is 0.394 e. The molecule has 1 aromatic carbocycles. The van der Waals surface area contributed by atoms with Gasteiger partial charge in [0.2, 0.25) is 0 Å². The van der Waals surface area contributed by atoms with Crippen molar-refractivity contribution >= 4 is 11.7 Å². The fourth-order valence-corrected chi connectivity index (χ4v) is 2.49. The van der Waals surface area contributed by atoms with Crippen LogP contribution in [0.4, 0.5) is 0 Å². The van der Waals surface area contributed by atoms with E-state index in [2.05, 4.69) is 10.3 Å². The molecule has 0 aliphatic rings. The van der Waals surface area contributed by atoms with Crippen molar-refractivity contribution in [2.45, 2.75) is 13.0 Å². The number of benzene rings is 1. The van der Waals surface area contributed by atoms with Crippen molar-refractivity contribution in [2.24, 2.45) is 0 Å². The fraction of sp³-hybridized carbons (Fsp3) is 0.263. The van der Waals surface area contributed by atoms with Gasteiger partial charge in [0.15, 0.2) is 5.78 Å². The van der Waals surface area contributed by atoms with Gasteiger partial charge in [-0.1, -0.05) is 30.3 Å². The highest BCUT2D eigenvalue weighted by Crippen LogP contribution is 2.14. The lowest BCUT2D eigenvalue weighted by Crippen LogP contribution is -2.31. The fourth-order valence-electron chi connectivity index (χ4n) is 2.49. The van der Waals surface area contributed by atoms with Gasteiger partial charge in [0.25, 0.3) is 5.91 Å². The lowest BCUT2D eigenvalue weighted by Gasteiger charge is -2.16. The third-order valence-electron chi connectivity index (χ3n) is 3.69. The number of aliphatic hydroxyl groups is 1. The molecule has 6 heteroatoms. The number of allylic oxidation sites excluding steroid dienone is 1. The molecule has 2 rings (SSSR count). The maximum atomic E-state index is 12.4. The molecule has 1 aromatic heterocycles. The van der Waals surface area contributed by atoms with Crippen LogP contribution in [0.2, 0.25) is 0 Å². The molecule has 0 aliphatic carbocycles. The standard InChI is InChI=1S/C19H23N3O3/c1-13(11-22(2)3)18(24)15-9-16(20-10-15)19(25)21-17(12-23)14-7-5-4-6-8-14/h4-11,17,20,23H,12H2,1-3H3,(H,21,25)/b13-11-/t17-/m1/s1. The molecular weight excluding hydrogens is 318 g/mol. The smallest absolute Gasteiger partial charge is 0.268 e. The Morgan fingerprint density at radius 2 is 1.96 bits per heavy atom. The molecule has 6 nitrogen and oxygen atoms in total. The zero-order valence-corrected chi connectivity index (χ0v) is 14.6. The molecule has 0 unspecified atom stereocenters. The summed E-state index contributed by atoms with van der Waals surface area (Å²) in [5.41, 5.74) is 2.08. The second-order valence-electron chi connectivity index (χ2n) is 6.03. The first kappa shape index (κ1) is 18.5. The second-order valence-corrected chi connectivity index (χ2v) is 6.03. The Balaban J connectivity index is 2.11. The molecule has 1 amide bonds. The summed E-state index contributed by atoms with van der Waals surface area (Å²) in [7, 11) is 3.68. The summed E-state index contributed by atoms with van der Waals surface area (Å²) >= 11 is 0. The Labute approximate surface area is 147 Å². The van der Waals surface area contributed by atoms with Gasteiger partial charge in [0, 0.05) is 37.6 Å². The van der Waals surface area contributed by atoms with E-state index in [1.54, 1.807) is 18.0 Å². The van der Waals surface area contributed by atoms with Crippen LogP contribution in [0, 0.1) is 0 Å². The van der Waals surface area contributed by atoms with E-state index in [0.717, 1.165) is 5.56 Å². The van der Waals surface area contributed by atoms with Crippen LogP contribution in [0.15, 0.2) is 54.4 Å². The van der Waals surface area contributed by atoms with Crippen molar-refractivity contribution in [3.63, 3.8) is 0 Å². The minimum Gasteiger partial charge on any atom is -0.394 e. The molecule has 3 N–H and O–H groups in total. The summed E-state index contributed by atoms with van der Waals surface area (Å²) in [6, 6.07) is 10.2. The molecule has 1 atom stereocenters. The van der Waals surface area contributed by atoms with Gasteiger partial charge in [0.05, 0.1) is 12.6 Å². The number of carbonyl (C=O) groups is 2. The number of nitrogens with zero attached hydrogens (tertiary/aromatic N) is 1. The molecule has 0 saturated carbocycles. The van der Waals surface area contributed by atoms with Crippen LogP contribution < -0.4 is 5.32 Å². The quantitative estimate of drug-likeness (QED) is 0.532. The molecule has 0 saturated heterocycles. The normalized spacial score (nSPS) is 12.6. The first-order valence-corrected chi connectivity index (χ1v) is 7.97. The van der Waals surface area contributed by atoms with Crippen molar-refractivity contribution in [3.8, 4) is 0 Å². The monoisotopic (exact) mass is 341 g/mol. The van der Waals surface area contributed by atoms with Crippen LogP contribution in [-0.2, 0) is 0 Å². The molecule has 25 heavy (non-hydrogen) atoms. The van der Waals surface area contributed by atoms with Crippen molar-refractivity contribution in [1.29, 1.82) is 0 Å². The number of nitrogens with one attached hydrogen (secondary N) is 2. The third kappa shape index (κ3) is 4.81. The van der Waals surface area contributed by atoms with Crippen LogP contribution in [0.5, 0.6) is 0 Å². The van der Waals surface area contributed by atoms with Crippen molar-refractivity contribution in [3.05, 3.63) is 71.2 Å². The SMILES string of the molecule is C/C(=C/N(C)C)C(=O)c1c[nH]c(C(=O)N[C@H](CO)c2ccccc2)c1. The molecule has 0 spiro atoms. The van der Waals surface area contributed by atoms with Gasteiger partial charge in [-0.25, -0.2) is 0 Å². The average Bonchev–Trinajstić information content (AvgIpc) is 3.09. The molecule has 0 aliphatic heterocycles. The Morgan fingerprint density at radius 3 is 2.56 bits per heavy atom. The second kappa shape index (κ2) is 8.30. The van der Waals surface area contributed by atoms with Gasteiger partial charge in [-0.05, 0) is 18.6 Å². The number of rotatable bonds is 7. The number of amides is 1. The van der Waals surface area contributed by atoms with Crippen LogP contribution >= 0.6 is 0 Å². The first-order valence-electron chi connectivity index (χ1n) is 7.97. The van der Waals surface area contributed by atoms with Crippen LogP contribution in [0.3, 0.4) is 0 Å². The Hall–Kier alpha value is -2.86. The number of aliphatic hydroxyl groups excluding tert-OH is 1. The number of H-pyrrole nitrogens is 1. The molecule has 132 valence electrons. The van der Waals surface area contributed by atoms with Gasteiger partial charge in [-0.3, -0.25) is 9.59 Å². The summed E-state index contributed by atoms with van der Waals surface area (Å²) in [5, 5.41) is 12.3. The van der Waals surface area contributed by atoms with Gasteiger partial charge in [-0.2, -0.15) is 0 Å². The highest BCUT2D eigenvalue weighted by Gasteiger charge is 2.18. The number of hydrogen-bond donors (Lipinski definition) is 3. The summed E-state index contributed by atoms with van der Waals surface area (Å²) in [6.07, 6.45) is 3.24. The summed E-state index contributed by atoms with van der Waals surface area (Å²) < 4.78 is 0. The predicted octanol–water partition coefficient (Wildman–Crippen LogP) is 2.13. The van der Waals surface area contributed by atoms with Gasteiger partial charge in [-0.15, -0.1) is 0 Å². The number of ketones is 1. The molecule has 0 radical (unpaired) electrons. The van der Waals surface area contributed by atoms with Gasteiger partial charge in [0.1, 0.15) is 5.69 Å². The summed E-state index contributed by atoms with van der Waals surface area (Å²) in [5.74, 6) is -0.526. The number of aromatic amines is 1. The Bertz CT molecular complexity index is 763. The van der Waals surface area contributed by atoms with Gasteiger partial charge < -0.3 is 20.3 Å². The van der Waals surface area contributed by atoms with E-state index in [9.17, 15) is 14.7 Å². The van der Waals surface area contributed by atoms with Crippen LogP contribution in [0.25, 0.3) is 0 Å². The lowest BCUT2D eigenvalue weighted by atomic mass is 10.1. The minimum atomic E-state index is -0.508. The topological polar surface area (TPSA) is 85.4 Å². The number of Topliss-reactive ketones (excluding diaryl/α,β-unsaturated/α-hetero) is 1. The molecule has 0 fully saturated rings. The van der Waals surface area contributed by atoms with E-state index in [1.807, 2.05) is 44.4 Å². The maximum Gasteiger partial charge on any atom is 0.268 e. The van der Waals surface area contributed by atoms with Gasteiger partial charge >= 0.3 is 0 Å². The lowest BCUT2D eigenvalue weighted by molar-refractivity contribution is 0.0911. The number of hydrogen-bond acceptors (Lipinski definition) is 4. The molecular formula is C19H23N3O3. The van der Waals surface area contributed by atoms with E-state index in [1.165, 1.54) is 12.3 Å². The number of carbonyl (C=O) groups excluding carboxylic acids is 2. The minimum absolute atomic E-state index is 0.147. The van der Waals surface area contributed by atoms with Crippen molar-refractivity contribution < 1.29 is 14.7 Å². The van der Waals surface area contributed by atoms with Crippen molar-refractivity contribution in [2.75, 3.05) is 20.7 Å². The van der Waals surface area contributed by atoms with Crippen LogP contribution in [0.1, 0.15) is 39.4 Å². The van der Waals surface area contributed by atoms with E-state index in [4.69, 9.17) is 0 Å². The average molecular weight is 341 g/mol. The first-order chi connectivity index (χ1) is 11.9. The highest BCUT2D eigenvalue weighted by atomic mass is 16.3. The zero-order valence-electron chi connectivity index (χ0n) is 14.6. The highest BCUT2D eigenvalue weighted by molar-refractivity contribution is 6.09. The predicted molar refractivity (Wildman–Crippen MR) is 96.3 cm³/mol. The van der Waals surface area contributed by atoms with E-state index in [0.29, 0.717) is 11.1 Å². The molecule has 0 bridgehead atoms.